The lowest BCUT2D eigenvalue weighted by atomic mass is 9.85. The van der Waals surface area contributed by atoms with Gasteiger partial charge in [-0.1, -0.05) is 19.9 Å². The van der Waals surface area contributed by atoms with E-state index in [-0.39, 0.29) is 5.54 Å². The van der Waals surface area contributed by atoms with Crippen LogP contribution in [0.5, 0.6) is 0 Å². The molecule has 3 heteroatoms. The highest BCUT2D eigenvalue weighted by Gasteiger charge is 2.38. The minimum Gasteiger partial charge on any atom is -0.312 e. The molecule has 19 heavy (non-hydrogen) atoms. The number of hydrogen-bond donors (Lipinski definition) is 1. The Bertz CT molecular complexity index is 357. The lowest BCUT2D eigenvalue weighted by Crippen LogP contribution is -2.59. The predicted octanol–water partition coefficient (Wildman–Crippen LogP) is 3.53. The van der Waals surface area contributed by atoms with Crippen LogP contribution in [-0.4, -0.2) is 36.1 Å². The van der Waals surface area contributed by atoms with Crippen LogP contribution < -0.4 is 5.32 Å². The monoisotopic (exact) mass is 280 g/mol. The molecule has 1 aliphatic rings. The maximum atomic E-state index is 3.75. The standard InChI is InChI=1S/C16H28N2S/c1-4-16(3,18-10-6-7-11-18)15(17-5-2)13-14-9-8-12-19-14/h8-9,12,15,17H,4-7,10-11,13H2,1-3H3. The van der Waals surface area contributed by atoms with Crippen molar-refractivity contribution in [3.05, 3.63) is 22.4 Å². The first-order valence-electron chi connectivity index (χ1n) is 7.71. The van der Waals surface area contributed by atoms with Crippen molar-refractivity contribution in [3.63, 3.8) is 0 Å². The number of likely N-dealkylation sites (tertiary alicyclic amines) is 1. The minimum absolute atomic E-state index is 0.288. The molecule has 2 atom stereocenters. The molecule has 2 heterocycles. The summed E-state index contributed by atoms with van der Waals surface area (Å²) in [4.78, 5) is 4.22. The predicted molar refractivity (Wildman–Crippen MR) is 85.0 cm³/mol. The van der Waals surface area contributed by atoms with Crippen LogP contribution >= 0.6 is 11.3 Å². The highest BCUT2D eigenvalue weighted by molar-refractivity contribution is 7.09. The van der Waals surface area contributed by atoms with Crippen LogP contribution in [0.4, 0.5) is 0 Å². The number of nitrogens with one attached hydrogen (secondary N) is 1. The largest absolute Gasteiger partial charge is 0.312 e. The highest BCUT2D eigenvalue weighted by atomic mass is 32.1. The lowest BCUT2D eigenvalue weighted by molar-refractivity contribution is 0.0850. The van der Waals surface area contributed by atoms with Crippen molar-refractivity contribution in [2.45, 2.75) is 58.0 Å². The van der Waals surface area contributed by atoms with Gasteiger partial charge in [-0.3, -0.25) is 4.90 Å². The first kappa shape index (κ1) is 15.0. The second-order valence-electron chi connectivity index (χ2n) is 5.80. The van der Waals surface area contributed by atoms with Crippen LogP contribution in [0.2, 0.25) is 0 Å². The van der Waals surface area contributed by atoms with E-state index in [1.165, 1.54) is 37.2 Å². The number of thiophene rings is 1. The molecule has 1 fully saturated rings. The van der Waals surface area contributed by atoms with Gasteiger partial charge in [-0.2, -0.15) is 0 Å². The Kier molecular flexibility index (Phi) is 5.43. The summed E-state index contributed by atoms with van der Waals surface area (Å²) in [5.41, 5.74) is 0.288. The summed E-state index contributed by atoms with van der Waals surface area (Å²) >= 11 is 1.89. The Morgan fingerprint density at radius 1 is 1.37 bits per heavy atom. The van der Waals surface area contributed by atoms with E-state index < -0.39 is 0 Å². The molecular weight excluding hydrogens is 252 g/mol. The van der Waals surface area contributed by atoms with Crippen LogP contribution in [0, 0.1) is 0 Å². The van der Waals surface area contributed by atoms with Crippen LogP contribution in [0.3, 0.4) is 0 Å². The molecule has 0 bridgehead atoms. The van der Waals surface area contributed by atoms with Gasteiger partial charge in [0.05, 0.1) is 0 Å². The second kappa shape index (κ2) is 6.87. The number of nitrogens with zero attached hydrogens (tertiary/aromatic N) is 1. The molecule has 2 unspecified atom stereocenters. The van der Waals surface area contributed by atoms with Crippen molar-refractivity contribution in [3.8, 4) is 0 Å². The molecule has 1 aromatic heterocycles. The van der Waals surface area contributed by atoms with Gasteiger partial charge in [0.25, 0.3) is 0 Å². The molecule has 0 aromatic carbocycles. The molecule has 108 valence electrons. The van der Waals surface area contributed by atoms with Crippen molar-refractivity contribution in [1.29, 1.82) is 0 Å². The molecule has 1 aliphatic heterocycles. The molecule has 0 spiro atoms. The summed E-state index contributed by atoms with van der Waals surface area (Å²) in [5.74, 6) is 0. The zero-order valence-corrected chi connectivity index (χ0v) is 13.4. The Balaban J connectivity index is 2.14. The number of rotatable bonds is 7. The zero-order valence-electron chi connectivity index (χ0n) is 12.6. The Labute approximate surface area is 122 Å². The summed E-state index contributed by atoms with van der Waals surface area (Å²) in [5, 5.41) is 5.95. The molecule has 1 saturated heterocycles. The van der Waals surface area contributed by atoms with E-state index in [2.05, 4.69) is 48.5 Å². The topological polar surface area (TPSA) is 15.3 Å². The van der Waals surface area contributed by atoms with E-state index in [4.69, 9.17) is 0 Å². The van der Waals surface area contributed by atoms with E-state index in [1.807, 2.05) is 11.3 Å². The highest BCUT2D eigenvalue weighted by Crippen LogP contribution is 2.30. The van der Waals surface area contributed by atoms with Gasteiger partial charge in [0.2, 0.25) is 0 Å². The molecule has 0 amide bonds. The van der Waals surface area contributed by atoms with Crippen molar-refractivity contribution in [1.82, 2.24) is 10.2 Å². The summed E-state index contributed by atoms with van der Waals surface area (Å²) in [6, 6.07) is 5.00. The van der Waals surface area contributed by atoms with Gasteiger partial charge in [0.1, 0.15) is 0 Å². The number of hydrogen-bond acceptors (Lipinski definition) is 3. The fourth-order valence-corrected chi connectivity index (χ4v) is 4.06. The van der Waals surface area contributed by atoms with Crippen molar-refractivity contribution in [2.24, 2.45) is 0 Å². The third-order valence-electron chi connectivity index (χ3n) is 4.73. The third-order valence-corrected chi connectivity index (χ3v) is 5.63. The van der Waals surface area contributed by atoms with Crippen LogP contribution in [0.15, 0.2) is 17.5 Å². The molecule has 0 radical (unpaired) electrons. The first-order valence-corrected chi connectivity index (χ1v) is 8.59. The molecular formula is C16H28N2S. The smallest absolute Gasteiger partial charge is 0.0335 e. The average molecular weight is 280 g/mol. The average Bonchev–Trinajstić information content (AvgIpc) is 3.10. The van der Waals surface area contributed by atoms with Crippen molar-refractivity contribution < 1.29 is 0 Å². The maximum absolute atomic E-state index is 3.75. The van der Waals surface area contributed by atoms with Gasteiger partial charge in [0.15, 0.2) is 0 Å². The van der Waals surface area contributed by atoms with E-state index in [9.17, 15) is 0 Å². The normalized spacial score (nSPS) is 21.4. The minimum atomic E-state index is 0.288. The summed E-state index contributed by atoms with van der Waals surface area (Å²) < 4.78 is 0. The zero-order chi connectivity index (χ0) is 13.7. The van der Waals surface area contributed by atoms with Gasteiger partial charge in [0, 0.05) is 16.5 Å². The summed E-state index contributed by atoms with van der Waals surface area (Å²) in [7, 11) is 0. The number of likely N-dealkylation sites (N-methyl/N-ethyl adjacent to an activating group) is 1. The Hall–Kier alpha value is -0.380. The van der Waals surface area contributed by atoms with E-state index in [0.717, 1.165) is 13.0 Å². The maximum Gasteiger partial charge on any atom is 0.0335 e. The van der Waals surface area contributed by atoms with Crippen molar-refractivity contribution in [2.75, 3.05) is 19.6 Å². The summed E-state index contributed by atoms with van der Waals surface area (Å²) in [6.45, 7) is 10.6. The van der Waals surface area contributed by atoms with Crippen molar-refractivity contribution >= 4 is 11.3 Å². The molecule has 0 aliphatic carbocycles. The van der Waals surface area contributed by atoms with E-state index >= 15 is 0 Å². The molecule has 1 aromatic rings. The molecule has 0 saturated carbocycles. The fourth-order valence-electron chi connectivity index (χ4n) is 3.31. The van der Waals surface area contributed by atoms with Crippen LogP contribution in [0.25, 0.3) is 0 Å². The van der Waals surface area contributed by atoms with E-state index in [0.29, 0.717) is 6.04 Å². The first-order chi connectivity index (χ1) is 9.20. The van der Waals surface area contributed by atoms with Gasteiger partial charge in [-0.25, -0.2) is 0 Å². The SMILES string of the molecule is CCNC(Cc1cccs1)C(C)(CC)N1CCCC1. The molecule has 2 nitrogen and oxygen atoms in total. The Morgan fingerprint density at radius 2 is 2.11 bits per heavy atom. The van der Waals surface area contributed by atoms with Gasteiger partial charge >= 0.3 is 0 Å². The molecule has 2 rings (SSSR count). The second-order valence-corrected chi connectivity index (χ2v) is 6.83. The van der Waals surface area contributed by atoms with Gasteiger partial charge in [-0.15, -0.1) is 11.3 Å². The molecule has 1 N–H and O–H groups in total. The quantitative estimate of drug-likeness (QED) is 0.822. The Morgan fingerprint density at radius 3 is 2.63 bits per heavy atom. The van der Waals surface area contributed by atoms with Crippen LogP contribution in [-0.2, 0) is 6.42 Å². The van der Waals surface area contributed by atoms with E-state index in [1.54, 1.807) is 0 Å². The third kappa shape index (κ3) is 3.39. The lowest BCUT2D eigenvalue weighted by Gasteiger charge is -2.45. The van der Waals surface area contributed by atoms with Gasteiger partial charge < -0.3 is 5.32 Å². The van der Waals surface area contributed by atoms with Gasteiger partial charge in [-0.05, 0) is 63.7 Å². The fraction of sp³-hybridized carbons (Fsp3) is 0.750. The summed E-state index contributed by atoms with van der Waals surface area (Å²) in [6.07, 6.45) is 5.11. The van der Waals surface area contributed by atoms with Crippen LogP contribution in [0.1, 0.15) is 44.9 Å².